The molecule has 0 fully saturated rings. The Labute approximate surface area is 146 Å². The fourth-order valence-electron chi connectivity index (χ4n) is 1.96. The number of benzene rings is 1. The highest BCUT2D eigenvalue weighted by atomic mass is 32.2. The first-order valence-corrected chi connectivity index (χ1v) is 9.00. The van der Waals surface area contributed by atoms with E-state index < -0.39 is 5.91 Å². The van der Waals surface area contributed by atoms with Crippen molar-refractivity contribution < 1.29 is 9.59 Å². The molecule has 0 aliphatic heterocycles. The first-order valence-electron chi connectivity index (χ1n) is 7.07. The second-order valence-corrected chi connectivity index (χ2v) is 6.49. The minimum atomic E-state index is -0.402. The van der Waals surface area contributed by atoms with E-state index in [1.54, 1.807) is 47.3 Å². The Morgan fingerprint density at radius 3 is 2.71 bits per heavy atom. The molecule has 0 unspecified atom stereocenters. The predicted molar refractivity (Wildman–Crippen MR) is 93.8 cm³/mol. The molecule has 1 aromatic carbocycles. The van der Waals surface area contributed by atoms with Crippen LogP contribution in [0.3, 0.4) is 0 Å². The van der Waals surface area contributed by atoms with Gasteiger partial charge in [0.15, 0.2) is 0 Å². The first-order chi connectivity index (χ1) is 11.7. The number of H-pyrrole nitrogens is 1. The van der Waals surface area contributed by atoms with Crippen LogP contribution in [0.25, 0.3) is 0 Å². The van der Waals surface area contributed by atoms with Crippen LogP contribution in [0.5, 0.6) is 0 Å². The average molecular weight is 358 g/mol. The van der Waals surface area contributed by atoms with Crippen LogP contribution in [0, 0.1) is 0 Å². The topological polar surface area (TPSA) is 86.9 Å². The average Bonchev–Trinajstić information content (AvgIpc) is 3.31. The van der Waals surface area contributed by atoms with E-state index in [4.69, 9.17) is 0 Å². The molecule has 0 aliphatic carbocycles. The highest BCUT2D eigenvalue weighted by molar-refractivity contribution is 7.98. The fourth-order valence-corrected chi connectivity index (χ4v) is 3.58. The van der Waals surface area contributed by atoms with Crippen LogP contribution in [-0.2, 0) is 5.75 Å². The quantitative estimate of drug-likeness (QED) is 0.483. The molecule has 0 saturated heterocycles. The molecule has 0 aliphatic rings. The van der Waals surface area contributed by atoms with Crippen LogP contribution in [0.2, 0.25) is 0 Å². The van der Waals surface area contributed by atoms with E-state index in [2.05, 4.69) is 20.8 Å². The van der Waals surface area contributed by atoms with Gasteiger partial charge in [-0.1, -0.05) is 12.1 Å². The normalized spacial score (nSPS) is 10.3. The van der Waals surface area contributed by atoms with Crippen molar-refractivity contribution in [1.82, 2.24) is 20.8 Å². The zero-order chi connectivity index (χ0) is 16.8. The van der Waals surface area contributed by atoms with Crippen LogP contribution in [0.15, 0.2) is 58.4 Å². The summed E-state index contributed by atoms with van der Waals surface area (Å²) < 4.78 is 0. The molecule has 3 rings (SSSR count). The van der Waals surface area contributed by atoms with E-state index in [1.165, 1.54) is 11.8 Å². The molecule has 8 heteroatoms. The lowest BCUT2D eigenvalue weighted by Gasteiger charge is -2.10. The third-order valence-corrected chi connectivity index (χ3v) is 4.87. The largest absolute Gasteiger partial charge is 0.357 e. The minimum Gasteiger partial charge on any atom is -0.357 e. The molecule has 0 bridgehead atoms. The van der Waals surface area contributed by atoms with Crippen LogP contribution >= 0.6 is 23.1 Å². The van der Waals surface area contributed by atoms with Crippen molar-refractivity contribution in [3.63, 3.8) is 0 Å². The maximum atomic E-state index is 12.3. The SMILES string of the molecule is O=C(NNC(=O)c1ccccc1SCc1cscn1)c1ccc[nH]1. The number of rotatable bonds is 5. The summed E-state index contributed by atoms with van der Waals surface area (Å²) in [5, 5.41) is 1.98. The third-order valence-electron chi connectivity index (χ3n) is 3.12. The predicted octanol–water partition coefficient (Wildman–Crippen LogP) is 2.84. The van der Waals surface area contributed by atoms with Gasteiger partial charge in [0.1, 0.15) is 5.69 Å². The van der Waals surface area contributed by atoms with Crippen molar-refractivity contribution >= 4 is 34.9 Å². The number of aromatic amines is 1. The number of carbonyl (C=O) groups is 2. The number of hydrogen-bond donors (Lipinski definition) is 3. The van der Waals surface area contributed by atoms with Gasteiger partial charge in [0, 0.05) is 22.2 Å². The number of amides is 2. The van der Waals surface area contributed by atoms with Crippen molar-refractivity contribution in [2.24, 2.45) is 0 Å². The van der Waals surface area contributed by atoms with Crippen molar-refractivity contribution in [2.75, 3.05) is 0 Å². The summed E-state index contributed by atoms with van der Waals surface area (Å²) in [6, 6.07) is 10.6. The Kier molecular flexibility index (Phi) is 5.29. The zero-order valence-electron chi connectivity index (χ0n) is 12.5. The van der Waals surface area contributed by atoms with Gasteiger partial charge in [-0.15, -0.1) is 23.1 Å². The van der Waals surface area contributed by atoms with Crippen LogP contribution < -0.4 is 10.9 Å². The zero-order valence-corrected chi connectivity index (χ0v) is 14.1. The van der Waals surface area contributed by atoms with Gasteiger partial charge in [-0.2, -0.15) is 0 Å². The molecule has 0 atom stereocenters. The van der Waals surface area contributed by atoms with E-state index in [0.29, 0.717) is 17.0 Å². The van der Waals surface area contributed by atoms with Crippen LogP contribution in [-0.4, -0.2) is 21.8 Å². The Balaban J connectivity index is 1.63. The summed E-state index contributed by atoms with van der Waals surface area (Å²) in [6.45, 7) is 0. The van der Waals surface area contributed by atoms with E-state index >= 15 is 0 Å². The van der Waals surface area contributed by atoms with Gasteiger partial charge in [-0.3, -0.25) is 20.4 Å². The van der Waals surface area contributed by atoms with Gasteiger partial charge in [0.2, 0.25) is 0 Å². The number of aromatic nitrogens is 2. The maximum absolute atomic E-state index is 12.3. The molecule has 2 aromatic heterocycles. The summed E-state index contributed by atoms with van der Waals surface area (Å²) >= 11 is 3.07. The third kappa shape index (κ3) is 4.03. The molecule has 24 heavy (non-hydrogen) atoms. The van der Waals surface area contributed by atoms with E-state index in [9.17, 15) is 9.59 Å². The molecule has 122 valence electrons. The molecule has 2 heterocycles. The number of hydrogen-bond acceptors (Lipinski definition) is 5. The highest BCUT2D eigenvalue weighted by Crippen LogP contribution is 2.26. The van der Waals surface area contributed by atoms with Gasteiger partial charge in [-0.05, 0) is 24.3 Å². The lowest BCUT2D eigenvalue weighted by molar-refractivity contribution is 0.0842. The molecule has 0 radical (unpaired) electrons. The standard InChI is InChI=1S/C16H14N4O2S2/c21-15(19-20-16(22)13-5-3-7-17-13)12-4-1-2-6-14(12)24-9-11-8-23-10-18-11/h1-8,10,17H,9H2,(H,19,21)(H,20,22). The summed E-state index contributed by atoms with van der Waals surface area (Å²) in [5.41, 5.74) is 8.46. The van der Waals surface area contributed by atoms with Crippen molar-refractivity contribution in [1.29, 1.82) is 0 Å². The number of thiazole rings is 1. The molecule has 0 saturated carbocycles. The van der Waals surface area contributed by atoms with E-state index in [0.717, 1.165) is 10.6 Å². The number of thioether (sulfide) groups is 1. The number of hydrazine groups is 1. The lowest BCUT2D eigenvalue weighted by Crippen LogP contribution is -2.41. The van der Waals surface area contributed by atoms with Crippen molar-refractivity contribution in [3.8, 4) is 0 Å². The molecule has 2 amide bonds. The Morgan fingerprint density at radius 1 is 1.12 bits per heavy atom. The second kappa shape index (κ2) is 7.80. The van der Waals surface area contributed by atoms with E-state index in [-0.39, 0.29) is 5.91 Å². The molecule has 6 nitrogen and oxygen atoms in total. The van der Waals surface area contributed by atoms with Gasteiger partial charge in [-0.25, -0.2) is 4.98 Å². The van der Waals surface area contributed by atoms with Crippen LogP contribution in [0.4, 0.5) is 0 Å². The minimum absolute atomic E-state index is 0.365. The monoisotopic (exact) mass is 358 g/mol. The molecular weight excluding hydrogens is 344 g/mol. The molecule has 3 N–H and O–H groups in total. The van der Waals surface area contributed by atoms with Gasteiger partial charge < -0.3 is 4.98 Å². The second-order valence-electron chi connectivity index (χ2n) is 4.76. The Morgan fingerprint density at radius 2 is 1.96 bits per heavy atom. The summed E-state index contributed by atoms with van der Waals surface area (Å²) in [4.78, 5) is 32.0. The van der Waals surface area contributed by atoms with Gasteiger partial charge in [0.05, 0.1) is 16.8 Å². The van der Waals surface area contributed by atoms with Crippen molar-refractivity contribution in [3.05, 3.63) is 70.4 Å². The number of nitrogens with one attached hydrogen (secondary N) is 3. The van der Waals surface area contributed by atoms with Gasteiger partial charge in [0.25, 0.3) is 11.8 Å². The highest BCUT2D eigenvalue weighted by Gasteiger charge is 2.13. The Hall–Kier alpha value is -2.58. The fraction of sp³-hybridized carbons (Fsp3) is 0.0625. The van der Waals surface area contributed by atoms with Crippen LogP contribution in [0.1, 0.15) is 26.5 Å². The van der Waals surface area contributed by atoms with Crippen molar-refractivity contribution in [2.45, 2.75) is 10.6 Å². The molecule has 0 spiro atoms. The van der Waals surface area contributed by atoms with Gasteiger partial charge >= 0.3 is 0 Å². The lowest BCUT2D eigenvalue weighted by atomic mass is 10.2. The Bertz CT molecular complexity index is 816. The summed E-state index contributed by atoms with van der Waals surface area (Å²) in [6.07, 6.45) is 1.64. The molecular formula is C16H14N4O2S2. The smallest absolute Gasteiger partial charge is 0.286 e. The first kappa shape index (κ1) is 16.3. The molecule has 3 aromatic rings. The van der Waals surface area contributed by atoms with E-state index in [1.807, 2.05) is 17.5 Å². The number of nitrogens with zero attached hydrogens (tertiary/aromatic N) is 1. The summed E-state index contributed by atoms with van der Waals surface area (Å²) in [7, 11) is 0. The number of carbonyl (C=O) groups excluding carboxylic acids is 2. The summed E-state index contributed by atoms with van der Waals surface area (Å²) in [5.74, 6) is -0.0833. The maximum Gasteiger partial charge on any atom is 0.286 e.